The summed E-state index contributed by atoms with van der Waals surface area (Å²) in [7, 11) is 0. The average molecular weight is 419 g/mol. The predicted octanol–water partition coefficient (Wildman–Crippen LogP) is 3.46. The van der Waals surface area contributed by atoms with Gasteiger partial charge in [-0.3, -0.25) is 19.7 Å². The molecule has 0 heterocycles. The third-order valence-electron chi connectivity index (χ3n) is 3.68. The summed E-state index contributed by atoms with van der Waals surface area (Å²) in [5, 5.41) is 17.3. The smallest absolute Gasteiger partial charge is 0.277 e. The number of non-ortho nitro benzene ring substituents is 1. The number of hydrogen-bond acceptors (Lipinski definition) is 6. The second-order valence-corrected chi connectivity index (χ2v) is 6.49. The molecule has 0 saturated carbocycles. The number of nitro groups is 1. The Labute approximate surface area is 171 Å². The van der Waals surface area contributed by atoms with Gasteiger partial charge in [-0.15, -0.1) is 0 Å². The molecule has 2 rings (SSSR count). The van der Waals surface area contributed by atoms with Crippen LogP contribution in [0.1, 0.15) is 18.9 Å². The largest absolute Gasteiger partial charge is 0.483 e. The number of halogens is 1. The number of carbonyl (C=O) groups is 2. The molecule has 0 atom stereocenters. The lowest BCUT2D eigenvalue weighted by Gasteiger charge is -2.08. The molecule has 0 aliphatic heterocycles. The average Bonchev–Trinajstić information content (AvgIpc) is 2.67. The van der Waals surface area contributed by atoms with Gasteiger partial charge in [0, 0.05) is 17.8 Å². The number of nitro benzene ring substituents is 1. The third kappa shape index (κ3) is 6.89. The van der Waals surface area contributed by atoms with Crippen molar-refractivity contribution in [2.45, 2.75) is 20.3 Å². The van der Waals surface area contributed by atoms with Gasteiger partial charge in [-0.1, -0.05) is 29.8 Å². The van der Waals surface area contributed by atoms with Gasteiger partial charge in [-0.25, -0.2) is 5.43 Å². The summed E-state index contributed by atoms with van der Waals surface area (Å²) in [4.78, 5) is 34.2. The molecule has 9 nitrogen and oxygen atoms in total. The van der Waals surface area contributed by atoms with Gasteiger partial charge in [-0.2, -0.15) is 5.10 Å². The van der Waals surface area contributed by atoms with E-state index in [2.05, 4.69) is 15.8 Å². The molecule has 2 aromatic carbocycles. The molecule has 0 unspecified atom stereocenters. The maximum Gasteiger partial charge on any atom is 0.277 e. The van der Waals surface area contributed by atoms with Crippen LogP contribution in [0.15, 0.2) is 47.6 Å². The van der Waals surface area contributed by atoms with Gasteiger partial charge in [0.1, 0.15) is 5.75 Å². The number of aryl methyl sites for hydroxylation is 1. The maximum absolute atomic E-state index is 12.1. The monoisotopic (exact) mass is 418 g/mol. The third-order valence-corrected chi connectivity index (χ3v) is 4.00. The topological polar surface area (TPSA) is 123 Å². The fourth-order valence-electron chi connectivity index (χ4n) is 2.24. The lowest BCUT2D eigenvalue weighted by molar-refractivity contribution is -0.384. The van der Waals surface area contributed by atoms with Crippen molar-refractivity contribution >= 4 is 40.5 Å². The minimum absolute atomic E-state index is 0.120. The number of nitrogens with zero attached hydrogens (tertiary/aromatic N) is 2. The lowest BCUT2D eigenvalue weighted by Crippen LogP contribution is -2.26. The van der Waals surface area contributed by atoms with Crippen molar-refractivity contribution in [3.63, 3.8) is 0 Å². The predicted molar refractivity (Wildman–Crippen MR) is 109 cm³/mol. The molecule has 10 heteroatoms. The summed E-state index contributed by atoms with van der Waals surface area (Å²) >= 11 is 5.94. The number of rotatable bonds is 8. The molecular weight excluding hydrogens is 400 g/mol. The Morgan fingerprint density at radius 2 is 1.93 bits per heavy atom. The second-order valence-electron chi connectivity index (χ2n) is 6.08. The Morgan fingerprint density at radius 1 is 1.21 bits per heavy atom. The van der Waals surface area contributed by atoms with Crippen LogP contribution in [-0.2, 0) is 9.59 Å². The highest BCUT2D eigenvalue weighted by Crippen LogP contribution is 2.26. The second kappa shape index (κ2) is 10.2. The highest BCUT2D eigenvalue weighted by atomic mass is 35.5. The standard InChI is InChI=1S/C19H19ClN4O5/c1-12-5-3-4-6-17(12)29-11-19(26)23-22-13(2)9-18(25)21-16-10-14(24(27)28)7-8-15(16)20/h3-8,10H,9,11H2,1-2H3,(H,21,25)(H,23,26)/b22-13+. The molecule has 0 radical (unpaired) electrons. The molecule has 152 valence electrons. The lowest BCUT2D eigenvalue weighted by atomic mass is 10.2. The van der Waals surface area contributed by atoms with Gasteiger partial charge in [0.05, 0.1) is 22.1 Å². The van der Waals surface area contributed by atoms with Gasteiger partial charge < -0.3 is 10.1 Å². The van der Waals surface area contributed by atoms with Gasteiger partial charge in [0.15, 0.2) is 6.61 Å². The van der Waals surface area contributed by atoms with E-state index < -0.39 is 16.7 Å². The van der Waals surface area contributed by atoms with Crippen LogP contribution >= 0.6 is 11.6 Å². The first-order chi connectivity index (χ1) is 13.8. The number of carbonyl (C=O) groups excluding carboxylic acids is 2. The number of para-hydroxylation sites is 1. The van der Waals surface area contributed by atoms with Gasteiger partial charge in [0.2, 0.25) is 5.91 Å². The Bertz CT molecular complexity index is 961. The van der Waals surface area contributed by atoms with Crippen molar-refractivity contribution in [3.05, 3.63) is 63.2 Å². The quantitative estimate of drug-likeness (QED) is 0.386. The Hall–Kier alpha value is -3.46. The van der Waals surface area contributed by atoms with E-state index >= 15 is 0 Å². The van der Waals surface area contributed by atoms with Crippen LogP contribution in [0.5, 0.6) is 5.75 Å². The van der Waals surface area contributed by atoms with Crippen LogP contribution in [0.25, 0.3) is 0 Å². The minimum Gasteiger partial charge on any atom is -0.483 e. The fourth-order valence-corrected chi connectivity index (χ4v) is 2.41. The zero-order valence-corrected chi connectivity index (χ0v) is 16.5. The summed E-state index contributed by atoms with van der Waals surface area (Å²) in [6, 6.07) is 11.0. The van der Waals surface area contributed by atoms with Crippen molar-refractivity contribution in [1.29, 1.82) is 0 Å². The maximum atomic E-state index is 12.1. The Kier molecular flexibility index (Phi) is 7.67. The minimum atomic E-state index is -0.590. The van der Waals surface area contributed by atoms with E-state index in [0.29, 0.717) is 11.5 Å². The molecular formula is C19H19ClN4O5. The molecule has 2 aromatic rings. The van der Waals surface area contributed by atoms with Gasteiger partial charge >= 0.3 is 0 Å². The molecule has 0 saturated heterocycles. The van der Waals surface area contributed by atoms with E-state index in [-0.39, 0.29) is 29.4 Å². The number of hydrogen-bond donors (Lipinski definition) is 2. The first-order valence-electron chi connectivity index (χ1n) is 8.50. The Morgan fingerprint density at radius 3 is 2.62 bits per heavy atom. The van der Waals surface area contributed by atoms with E-state index in [4.69, 9.17) is 16.3 Å². The molecule has 0 aliphatic carbocycles. The highest BCUT2D eigenvalue weighted by Gasteiger charge is 2.13. The van der Waals surface area contributed by atoms with E-state index in [1.165, 1.54) is 12.1 Å². The zero-order chi connectivity index (χ0) is 21.4. The van der Waals surface area contributed by atoms with Crippen LogP contribution in [0.2, 0.25) is 5.02 Å². The fraction of sp³-hybridized carbons (Fsp3) is 0.211. The number of ether oxygens (including phenoxy) is 1. The van der Waals surface area contributed by atoms with E-state index in [1.807, 2.05) is 19.1 Å². The normalized spacial score (nSPS) is 10.9. The molecule has 0 aliphatic rings. The van der Waals surface area contributed by atoms with E-state index in [1.54, 1.807) is 19.1 Å². The van der Waals surface area contributed by atoms with E-state index in [9.17, 15) is 19.7 Å². The first-order valence-corrected chi connectivity index (χ1v) is 8.88. The molecule has 0 spiro atoms. The highest BCUT2D eigenvalue weighted by molar-refractivity contribution is 6.33. The number of amides is 2. The van der Waals surface area contributed by atoms with Gasteiger partial charge in [0.25, 0.3) is 11.6 Å². The summed E-state index contributed by atoms with van der Waals surface area (Å²) in [6.07, 6.45) is -0.141. The summed E-state index contributed by atoms with van der Waals surface area (Å²) in [5.74, 6) is -0.370. The van der Waals surface area contributed by atoms with Crippen LogP contribution in [0.4, 0.5) is 11.4 Å². The zero-order valence-electron chi connectivity index (χ0n) is 15.8. The van der Waals surface area contributed by atoms with Crippen LogP contribution in [0.3, 0.4) is 0 Å². The van der Waals surface area contributed by atoms with Crippen LogP contribution in [0, 0.1) is 17.0 Å². The van der Waals surface area contributed by atoms with Crippen molar-refractivity contribution in [1.82, 2.24) is 5.43 Å². The van der Waals surface area contributed by atoms with Crippen molar-refractivity contribution in [2.24, 2.45) is 5.10 Å². The van der Waals surface area contributed by atoms with Crippen LogP contribution in [-0.4, -0.2) is 29.1 Å². The molecule has 29 heavy (non-hydrogen) atoms. The molecule has 0 aromatic heterocycles. The number of nitrogens with one attached hydrogen (secondary N) is 2. The molecule has 0 bridgehead atoms. The first kappa shape index (κ1) is 21.8. The molecule has 2 amide bonds. The van der Waals surface area contributed by atoms with Crippen molar-refractivity contribution in [2.75, 3.05) is 11.9 Å². The van der Waals surface area contributed by atoms with Gasteiger partial charge in [-0.05, 0) is 31.5 Å². The molecule has 2 N–H and O–H groups in total. The summed E-state index contributed by atoms with van der Waals surface area (Å²) in [6.45, 7) is 3.19. The molecule has 0 fully saturated rings. The SMILES string of the molecule is C/C(CC(=O)Nc1cc([N+](=O)[O-])ccc1Cl)=N\NC(=O)COc1ccccc1C. The summed E-state index contributed by atoms with van der Waals surface area (Å²) in [5.41, 5.74) is 3.45. The summed E-state index contributed by atoms with van der Waals surface area (Å²) < 4.78 is 5.40. The van der Waals surface area contributed by atoms with Crippen molar-refractivity contribution in [3.8, 4) is 5.75 Å². The van der Waals surface area contributed by atoms with Crippen LogP contribution < -0.4 is 15.5 Å². The van der Waals surface area contributed by atoms with Crippen molar-refractivity contribution < 1.29 is 19.2 Å². The number of anilines is 1. The Balaban J connectivity index is 1.85. The number of benzene rings is 2. The van der Waals surface area contributed by atoms with E-state index in [0.717, 1.165) is 11.6 Å². The number of hydrazone groups is 1.